The molecular formula is C14H20N2O3. The van der Waals surface area contributed by atoms with Crippen molar-refractivity contribution in [3.63, 3.8) is 0 Å². The van der Waals surface area contributed by atoms with E-state index in [2.05, 4.69) is 5.32 Å². The van der Waals surface area contributed by atoms with E-state index in [9.17, 15) is 10.1 Å². The van der Waals surface area contributed by atoms with Gasteiger partial charge in [0.15, 0.2) is 0 Å². The third kappa shape index (κ3) is 5.19. The van der Waals surface area contributed by atoms with Gasteiger partial charge in [-0.25, -0.2) is 0 Å². The molecule has 0 heterocycles. The van der Waals surface area contributed by atoms with Gasteiger partial charge in [-0.3, -0.25) is 10.1 Å². The maximum absolute atomic E-state index is 10.9. The van der Waals surface area contributed by atoms with Crippen molar-refractivity contribution < 1.29 is 9.66 Å². The Balaban J connectivity index is 2.77. The second-order valence-electron chi connectivity index (χ2n) is 4.14. The van der Waals surface area contributed by atoms with E-state index in [0.717, 1.165) is 18.5 Å². The van der Waals surface area contributed by atoms with Gasteiger partial charge in [0.05, 0.1) is 17.1 Å². The van der Waals surface area contributed by atoms with Crippen molar-refractivity contribution in [3.05, 3.63) is 45.5 Å². The topological polar surface area (TPSA) is 64.4 Å². The first-order chi connectivity index (χ1) is 9.19. The minimum atomic E-state index is -0.350. The molecule has 1 N–H and O–H groups in total. The molecule has 0 saturated heterocycles. The van der Waals surface area contributed by atoms with E-state index in [1.807, 2.05) is 19.1 Å². The molecule has 5 nitrogen and oxygen atoms in total. The fourth-order valence-corrected chi connectivity index (χ4v) is 1.70. The first-order valence-corrected chi connectivity index (χ1v) is 6.31. The number of hydrogen-bond donors (Lipinski definition) is 1. The maximum Gasteiger partial charge on any atom is 0.276 e. The Hall–Kier alpha value is -1.72. The van der Waals surface area contributed by atoms with Crippen LogP contribution >= 0.6 is 0 Å². The lowest BCUT2D eigenvalue weighted by atomic mass is 10.1. The summed E-state index contributed by atoms with van der Waals surface area (Å²) in [6.45, 7) is 4.18. The average Bonchev–Trinajstić information content (AvgIpc) is 2.42. The number of nitrogens with zero attached hydrogens (tertiary/aromatic N) is 1. The van der Waals surface area contributed by atoms with E-state index < -0.39 is 0 Å². The first kappa shape index (κ1) is 15.3. The van der Waals surface area contributed by atoms with E-state index >= 15 is 0 Å². The molecule has 1 rings (SSSR count). The molecule has 0 amide bonds. The Kier molecular flexibility index (Phi) is 6.78. The van der Waals surface area contributed by atoms with Crippen LogP contribution in [0.5, 0.6) is 0 Å². The maximum atomic E-state index is 10.9. The van der Waals surface area contributed by atoms with Crippen LogP contribution in [0.1, 0.15) is 18.9 Å². The monoisotopic (exact) mass is 264 g/mol. The van der Waals surface area contributed by atoms with Crippen LogP contribution in [0.2, 0.25) is 0 Å². The summed E-state index contributed by atoms with van der Waals surface area (Å²) in [5.41, 5.74) is 1.92. The summed E-state index contributed by atoms with van der Waals surface area (Å²) in [6.07, 6.45) is 2.74. The third-order valence-corrected chi connectivity index (χ3v) is 2.78. The SMILES string of the molecule is CCC(=Cc1ccccc1[N+](=O)[O-])CNCCOC. The van der Waals surface area contributed by atoms with E-state index in [1.165, 1.54) is 6.07 Å². The fraction of sp³-hybridized carbons (Fsp3) is 0.429. The summed E-state index contributed by atoms with van der Waals surface area (Å²) >= 11 is 0. The Bertz CT molecular complexity index is 444. The van der Waals surface area contributed by atoms with Crippen LogP contribution in [-0.2, 0) is 4.74 Å². The Morgan fingerprint density at radius 2 is 2.21 bits per heavy atom. The molecule has 0 fully saturated rings. The van der Waals surface area contributed by atoms with Gasteiger partial charge >= 0.3 is 0 Å². The van der Waals surface area contributed by atoms with Crippen molar-refractivity contribution in [3.8, 4) is 0 Å². The van der Waals surface area contributed by atoms with Crippen molar-refractivity contribution in [1.82, 2.24) is 5.32 Å². The Morgan fingerprint density at radius 3 is 2.84 bits per heavy atom. The zero-order chi connectivity index (χ0) is 14.1. The average molecular weight is 264 g/mol. The van der Waals surface area contributed by atoms with Crippen molar-refractivity contribution in [1.29, 1.82) is 0 Å². The number of methoxy groups -OCH3 is 1. The Labute approximate surface area is 113 Å². The van der Waals surface area contributed by atoms with Crippen LogP contribution in [-0.4, -0.2) is 31.7 Å². The lowest BCUT2D eigenvalue weighted by Gasteiger charge is -2.07. The molecule has 0 aliphatic carbocycles. The summed E-state index contributed by atoms with van der Waals surface area (Å²) in [4.78, 5) is 10.6. The number of ether oxygens (including phenoxy) is 1. The van der Waals surface area contributed by atoms with Gasteiger partial charge in [-0.2, -0.15) is 0 Å². The standard InChI is InChI=1S/C14H20N2O3/c1-3-12(11-15-8-9-19-2)10-13-6-4-5-7-14(13)16(17)18/h4-7,10,15H,3,8-9,11H2,1-2H3. The number of nitro benzene ring substituents is 1. The van der Waals surface area contributed by atoms with Crippen molar-refractivity contribution in [2.24, 2.45) is 0 Å². The normalized spacial score (nSPS) is 11.6. The number of hydrogen-bond acceptors (Lipinski definition) is 4. The summed E-state index contributed by atoms with van der Waals surface area (Å²) in [7, 11) is 1.66. The first-order valence-electron chi connectivity index (χ1n) is 6.31. The van der Waals surface area contributed by atoms with E-state index in [1.54, 1.807) is 19.2 Å². The smallest absolute Gasteiger partial charge is 0.276 e. The quantitative estimate of drug-likeness (QED) is 0.445. The molecule has 0 aromatic heterocycles. The summed E-state index contributed by atoms with van der Waals surface area (Å²) < 4.78 is 4.95. The van der Waals surface area contributed by atoms with Crippen molar-refractivity contribution >= 4 is 11.8 Å². The third-order valence-electron chi connectivity index (χ3n) is 2.78. The number of benzene rings is 1. The van der Waals surface area contributed by atoms with E-state index in [4.69, 9.17) is 4.74 Å². The van der Waals surface area contributed by atoms with Crippen LogP contribution in [0.4, 0.5) is 5.69 Å². The van der Waals surface area contributed by atoms with Crippen molar-refractivity contribution in [2.45, 2.75) is 13.3 Å². The lowest BCUT2D eigenvalue weighted by molar-refractivity contribution is -0.385. The van der Waals surface area contributed by atoms with Crippen LogP contribution in [0, 0.1) is 10.1 Å². The van der Waals surface area contributed by atoms with E-state index in [0.29, 0.717) is 18.7 Å². The minimum Gasteiger partial charge on any atom is -0.383 e. The number of nitrogens with one attached hydrogen (secondary N) is 1. The molecule has 0 bridgehead atoms. The second kappa shape index (κ2) is 8.39. The predicted octanol–water partition coefficient (Wildman–Crippen LogP) is 2.62. The van der Waals surface area contributed by atoms with Gasteiger partial charge in [0.1, 0.15) is 0 Å². The summed E-state index contributed by atoms with van der Waals surface area (Å²) in [5.74, 6) is 0. The molecule has 0 saturated carbocycles. The highest BCUT2D eigenvalue weighted by Crippen LogP contribution is 2.21. The van der Waals surface area contributed by atoms with Crippen LogP contribution in [0.25, 0.3) is 6.08 Å². The number of nitro groups is 1. The van der Waals surface area contributed by atoms with Crippen LogP contribution in [0.3, 0.4) is 0 Å². The Morgan fingerprint density at radius 1 is 1.47 bits per heavy atom. The van der Waals surface area contributed by atoms with Gasteiger partial charge < -0.3 is 10.1 Å². The molecule has 5 heteroatoms. The fourth-order valence-electron chi connectivity index (χ4n) is 1.70. The van der Waals surface area contributed by atoms with Gasteiger partial charge in [0, 0.05) is 26.3 Å². The number of rotatable bonds is 8. The zero-order valence-electron chi connectivity index (χ0n) is 11.4. The zero-order valence-corrected chi connectivity index (χ0v) is 11.4. The highest BCUT2D eigenvalue weighted by atomic mass is 16.6. The molecule has 104 valence electrons. The lowest BCUT2D eigenvalue weighted by Crippen LogP contribution is -2.21. The van der Waals surface area contributed by atoms with Crippen LogP contribution in [0.15, 0.2) is 29.8 Å². The van der Waals surface area contributed by atoms with Gasteiger partial charge in [-0.05, 0) is 18.6 Å². The number of para-hydroxylation sites is 1. The highest BCUT2D eigenvalue weighted by molar-refractivity contribution is 5.63. The van der Waals surface area contributed by atoms with E-state index in [-0.39, 0.29) is 10.6 Å². The largest absolute Gasteiger partial charge is 0.383 e. The van der Waals surface area contributed by atoms with Gasteiger partial charge in [-0.1, -0.05) is 24.6 Å². The molecule has 0 radical (unpaired) electrons. The molecule has 0 unspecified atom stereocenters. The minimum absolute atomic E-state index is 0.144. The molecule has 1 aromatic rings. The molecule has 0 aliphatic heterocycles. The van der Waals surface area contributed by atoms with Gasteiger partial charge in [0.25, 0.3) is 5.69 Å². The van der Waals surface area contributed by atoms with Gasteiger partial charge in [-0.15, -0.1) is 0 Å². The molecule has 0 aliphatic rings. The summed E-state index contributed by atoms with van der Waals surface area (Å²) in [5, 5.41) is 14.2. The van der Waals surface area contributed by atoms with Crippen LogP contribution < -0.4 is 5.32 Å². The predicted molar refractivity (Wildman–Crippen MR) is 76.1 cm³/mol. The van der Waals surface area contributed by atoms with Gasteiger partial charge in [0.2, 0.25) is 0 Å². The highest BCUT2D eigenvalue weighted by Gasteiger charge is 2.10. The molecule has 0 spiro atoms. The molecule has 1 aromatic carbocycles. The van der Waals surface area contributed by atoms with Crippen molar-refractivity contribution in [2.75, 3.05) is 26.8 Å². The second-order valence-corrected chi connectivity index (χ2v) is 4.14. The molecule has 0 atom stereocenters. The molecule has 19 heavy (non-hydrogen) atoms. The summed E-state index contributed by atoms with van der Waals surface area (Å²) in [6, 6.07) is 6.78. The molecular weight excluding hydrogens is 244 g/mol.